The zero-order chi connectivity index (χ0) is 18.6. The zero-order valence-corrected chi connectivity index (χ0v) is 16.1. The lowest BCUT2D eigenvalue weighted by molar-refractivity contribution is -0.119. The van der Waals surface area contributed by atoms with Gasteiger partial charge in [0, 0.05) is 32.2 Å². The normalized spacial score (nSPS) is 16.3. The van der Waals surface area contributed by atoms with Crippen LogP contribution in [-0.2, 0) is 11.3 Å². The molecule has 0 spiro atoms. The van der Waals surface area contributed by atoms with Crippen molar-refractivity contribution < 1.29 is 4.79 Å². The number of rotatable bonds is 8. The molecule has 1 fully saturated rings. The van der Waals surface area contributed by atoms with Crippen LogP contribution in [0.5, 0.6) is 0 Å². The van der Waals surface area contributed by atoms with Gasteiger partial charge in [0.15, 0.2) is 5.96 Å². The molecule has 1 aromatic rings. The van der Waals surface area contributed by atoms with Crippen molar-refractivity contribution in [1.82, 2.24) is 20.9 Å². The maximum atomic E-state index is 12.1. The highest BCUT2D eigenvalue weighted by molar-refractivity contribution is 5.85. The van der Waals surface area contributed by atoms with Crippen LogP contribution >= 0.6 is 0 Å². The summed E-state index contributed by atoms with van der Waals surface area (Å²) >= 11 is 0. The number of carbonyl (C=O) groups excluding carboxylic acids is 1. The maximum Gasteiger partial charge on any atom is 0.242 e. The number of aliphatic imine (C=N–C) groups is 1. The Morgan fingerprint density at radius 3 is 2.54 bits per heavy atom. The van der Waals surface area contributed by atoms with E-state index in [1.54, 1.807) is 0 Å². The SMILES string of the molecule is CCCN1CCC(NC(=NCC(=O)NCc2ccccc2)NCC)CC1. The minimum Gasteiger partial charge on any atom is -0.357 e. The smallest absolute Gasteiger partial charge is 0.242 e. The van der Waals surface area contributed by atoms with Crippen LogP contribution in [0.4, 0.5) is 0 Å². The van der Waals surface area contributed by atoms with E-state index in [0.29, 0.717) is 12.6 Å². The van der Waals surface area contributed by atoms with E-state index in [2.05, 4.69) is 32.8 Å². The van der Waals surface area contributed by atoms with Gasteiger partial charge in [0.1, 0.15) is 6.54 Å². The van der Waals surface area contributed by atoms with Crippen molar-refractivity contribution in [1.29, 1.82) is 0 Å². The van der Waals surface area contributed by atoms with Gasteiger partial charge in [0.25, 0.3) is 0 Å². The molecule has 26 heavy (non-hydrogen) atoms. The first-order valence-corrected chi connectivity index (χ1v) is 9.79. The van der Waals surface area contributed by atoms with E-state index in [1.807, 2.05) is 37.3 Å². The van der Waals surface area contributed by atoms with Crippen molar-refractivity contribution >= 4 is 11.9 Å². The number of amides is 1. The lowest BCUT2D eigenvalue weighted by Gasteiger charge is -2.32. The molecule has 0 atom stereocenters. The molecule has 6 heteroatoms. The molecule has 1 aliphatic heterocycles. The highest BCUT2D eigenvalue weighted by Crippen LogP contribution is 2.10. The Kier molecular flexibility index (Phi) is 8.96. The second-order valence-corrected chi connectivity index (χ2v) is 6.72. The lowest BCUT2D eigenvalue weighted by Crippen LogP contribution is -2.49. The van der Waals surface area contributed by atoms with Crippen LogP contribution in [0, 0.1) is 0 Å². The second-order valence-electron chi connectivity index (χ2n) is 6.72. The van der Waals surface area contributed by atoms with Gasteiger partial charge >= 0.3 is 0 Å². The van der Waals surface area contributed by atoms with Crippen molar-refractivity contribution in [2.45, 2.75) is 45.7 Å². The minimum absolute atomic E-state index is 0.0659. The number of nitrogens with one attached hydrogen (secondary N) is 3. The van der Waals surface area contributed by atoms with Crippen molar-refractivity contribution in [3.05, 3.63) is 35.9 Å². The average Bonchev–Trinajstić information content (AvgIpc) is 2.67. The van der Waals surface area contributed by atoms with E-state index in [0.717, 1.165) is 44.0 Å². The van der Waals surface area contributed by atoms with E-state index in [-0.39, 0.29) is 12.5 Å². The number of nitrogens with zero attached hydrogens (tertiary/aromatic N) is 2. The molecule has 1 saturated heterocycles. The van der Waals surface area contributed by atoms with E-state index >= 15 is 0 Å². The van der Waals surface area contributed by atoms with Crippen LogP contribution in [0.2, 0.25) is 0 Å². The lowest BCUT2D eigenvalue weighted by atomic mass is 10.1. The van der Waals surface area contributed by atoms with Crippen LogP contribution in [0.1, 0.15) is 38.7 Å². The molecule has 6 nitrogen and oxygen atoms in total. The highest BCUT2D eigenvalue weighted by Gasteiger charge is 2.19. The summed E-state index contributed by atoms with van der Waals surface area (Å²) in [7, 11) is 0. The van der Waals surface area contributed by atoms with Crippen LogP contribution in [0.3, 0.4) is 0 Å². The number of carbonyl (C=O) groups is 1. The van der Waals surface area contributed by atoms with Crippen molar-refractivity contribution in [3.8, 4) is 0 Å². The Morgan fingerprint density at radius 1 is 1.15 bits per heavy atom. The number of guanidine groups is 1. The summed E-state index contributed by atoms with van der Waals surface area (Å²) in [6.07, 6.45) is 3.44. The summed E-state index contributed by atoms with van der Waals surface area (Å²) in [5.74, 6) is 0.667. The van der Waals surface area contributed by atoms with Crippen LogP contribution in [0.25, 0.3) is 0 Å². The number of hydrogen-bond donors (Lipinski definition) is 3. The Bertz CT molecular complexity index is 553. The van der Waals surface area contributed by atoms with Gasteiger partial charge in [-0.3, -0.25) is 4.79 Å². The van der Waals surface area contributed by atoms with E-state index < -0.39 is 0 Å². The minimum atomic E-state index is -0.0659. The van der Waals surface area contributed by atoms with Gasteiger partial charge in [-0.1, -0.05) is 37.3 Å². The molecule has 1 aromatic carbocycles. The molecule has 0 unspecified atom stereocenters. The molecule has 144 valence electrons. The second kappa shape index (κ2) is 11.5. The predicted molar refractivity (Wildman–Crippen MR) is 107 cm³/mol. The molecular weight excluding hydrogens is 326 g/mol. The fourth-order valence-electron chi connectivity index (χ4n) is 3.13. The van der Waals surface area contributed by atoms with Crippen LogP contribution in [-0.4, -0.2) is 55.5 Å². The molecule has 1 aliphatic rings. The predicted octanol–water partition coefficient (Wildman–Crippen LogP) is 1.73. The molecular formula is C20H33N5O. The van der Waals surface area contributed by atoms with Gasteiger partial charge in [-0.15, -0.1) is 0 Å². The van der Waals surface area contributed by atoms with Gasteiger partial charge in [0.2, 0.25) is 5.91 Å². The fraction of sp³-hybridized carbons (Fsp3) is 0.600. The molecule has 0 radical (unpaired) electrons. The van der Waals surface area contributed by atoms with Gasteiger partial charge in [-0.25, -0.2) is 4.99 Å². The molecule has 3 N–H and O–H groups in total. The van der Waals surface area contributed by atoms with Crippen LogP contribution < -0.4 is 16.0 Å². The number of likely N-dealkylation sites (tertiary alicyclic amines) is 1. The first-order chi connectivity index (χ1) is 12.7. The summed E-state index contributed by atoms with van der Waals surface area (Å²) in [6.45, 7) is 9.16. The summed E-state index contributed by atoms with van der Waals surface area (Å²) in [4.78, 5) is 19.0. The molecule has 1 heterocycles. The fourth-order valence-corrected chi connectivity index (χ4v) is 3.13. The third-order valence-corrected chi connectivity index (χ3v) is 4.53. The molecule has 2 rings (SSSR count). The summed E-state index contributed by atoms with van der Waals surface area (Å²) < 4.78 is 0. The van der Waals surface area contributed by atoms with Gasteiger partial charge < -0.3 is 20.9 Å². The molecule has 0 bridgehead atoms. The Morgan fingerprint density at radius 2 is 1.88 bits per heavy atom. The first kappa shape index (κ1) is 20.2. The van der Waals surface area contributed by atoms with Gasteiger partial charge in [-0.2, -0.15) is 0 Å². The summed E-state index contributed by atoms with van der Waals surface area (Å²) in [5.41, 5.74) is 1.09. The molecule has 0 saturated carbocycles. The molecule has 0 aromatic heterocycles. The zero-order valence-electron chi connectivity index (χ0n) is 16.1. The highest BCUT2D eigenvalue weighted by atomic mass is 16.1. The Hall–Kier alpha value is -2.08. The van der Waals surface area contributed by atoms with Gasteiger partial charge in [-0.05, 0) is 38.3 Å². The molecule has 1 amide bonds. The Labute approximate surface area is 157 Å². The summed E-state index contributed by atoms with van der Waals surface area (Å²) in [5, 5.41) is 9.63. The third kappa shape index (κ3) is 7.44. The van der Waals surface area contributed by atoms with Crippen LogP contribution in [0.15, 0.2) is 35.3 Å². The first-order valence-electron chi connectivity index (χ1n) is 9.79. The average molecular weight is 360 g/mol. The Balaban J connectivity index is 1.76. The monoisotopic (exact) mass is 359 g/mol. The van der Waals surface area contributed by atoms with E-state index in [1.165, 1.54) is 13.0 Å². The number of piperidine rings is 1. The number of benzene rings is 1. The van der Waals surface area contributed by atoms with E-state index in [4.69, 9.17) is 0 Å². The largest absolute Gasteiger partial charge is 0.357 e. The maximum absolute atomic E-state index is 12.1. The summed E-state index contributed by atoms with van der Waals surface area (Å²) in [6, 6.07) is 10.3. The standard InChI is InChI=1S/C20H33N5O/c1-3-12-25-13-10-18(11-14-25)24-20(21-4-2)23-16-19(26)22-15-17-8-6-5-7-9-17/h5-9,18H,3-4,10-16H2,1-2H3,(H,22,26)(H2,21,23,24). The third-order valence-electron chi connectivity index (χ3n) is 4.53. The quantitative estimate of drug-likeness (QED) is 0.488. The van der Waals surface area contributed by atoms with Gasteiger partial charge in [0.05, 0.1) is 0 Å². The van der Waals surface area contributed by atoms with Crippen molar-refractivity contribution in [2.75, 3.05) is 32.7 Å². The number of hydrogen-bond acceptors (Lipinski definition) is 3. The molecule has 0 aliphatic carbocycles. The topological polar surface area (TPSA) is 68.8 Å². The van der Waals surface area contributed by atoms with E-state index in [9.17, 15) is 4.79 Å². The van der Waals surface area contributed by atoms with Crippen molar-refractivity contribution in [2.24, 2.45) is 4.99 Å². The van der Waals surface area contributed by atoms with Crippen molar-refractivity contribution in [3.63, 3.8) is 0 Å².